The summed E-state index contributed by atoms with van der Waals surface area (Å²) in [6, 6.07) is 2.16. The molecule has 0 aliphatic heterocycles. The predicted octanol–water partition coefficient (Wildman–Crippen LogP) is 2.41. The number of furan rings is 1. The van der Waals surface area contributed by atoms with Crippen LogP contribution in [0.1, 0.15) is 30.9 Å². The molecule has 0 spiro atoms. The summed E-state index contributed by atoms with van der Waals surface area (Å²) in [5.74, 6) is 2.72. The zero-order chi connectivity index (χ0) is 14.3. The molecular formula is C15H28N2O2. The molecule has 0 fully saturated rings. The molecule has 0 bridgehead atoms. The van der Waals surface area contributed by atoms with Crippen LogP contribution < -0.4 is 5.32 Å². The molecule has 0 atom stereocenters. The molecule has 19 heavy (non-hydrogen) atoms. The minimum Gasteiger partial charge on any atom is -0.465 e. The zero-order valence-electron chi connectivity index (χ0n) is 13.0. The highest BCUT2D eigenvalue weighted by Crippen LogP contribution is 2.16. The van der Waals surface area contributed by atoms with Crippen molar-refractivity contribution in [2.24, 2.45) is 5.92 Å². The van der Waals surface area contributed by atoms with E-state index in [1.54, 1.807) is 7.11 Å². The molecule has 0 saturated heterocycles. The van der Waals surface area contributed by atoms with Crippen LogP contribution >= 0.6 is 0 Å². The average Bonchev–Trinajstić information content (AvgIpc) is 2.66. The van der Waals surface area contributed by atoms with Crippen molar-refractivity contribution < 1.29 is 9.15 Å². The summed E-state index contributed by atoms with van der Waals surface area (Å²) in [6.45, 7) is 10.9. The van der Waals surface area contributed by atoms with Crippen LogP contribution in [0.3, 0.4) is 0 Å². The van der Waals surface area contributed by atoms with Crippen molar-refractivity contribution in [3.05, 3.63) is 23.2 Å². The Morgan fingerprint density at radius 2 is 2.16 bits per heavy atom. The van der Waals surface area contributed by atoms with Crippen LogP contribution in [0, 0.1) is 12.8 Å². The van der Waals surface area contributed by atoms with E-state index in [2.05, 4.69) is 37.2 Å². The van der Waals surface area contributed by atoms with Gasteiger partial charge in [-0.1, -0.05) is 13.8 Å². The summed E-state index contributed by atoms with van der Waals surface area (Å²) in [6.07, 6.45) is 0. The summed E-state index contributed by atoms with van der Waals surface area (Å²) in [5, 5.41) is 3.45. The second-order valence-corrected chi connectivity index (χ2v) is 5.55. The Kier molecular flexibility index (Phi) is 7.13. The largest absolute Gasteiger partial charge is 0.465 e. The van der Waals surface area contributed by atoms with Crippen molar-refractivity contribution >= 4 is 0 Å². The van der Waals surface area contributed by atoms with E-state index in [1.165, 1.54) is 5.56 Å². The molecule has 4 nitrogen and oxygen atoms in total. The van der Waals surface area contributed by atoms with Crippen molar-refractivity contribution in [1.82, 2.24) is 10.2 Å². The smallest absolute Gasteiger partial charge is 0.118 e. The van der Waals surface area contributed by atoms with Crippen molar-refractivity contribution in [1.29, 1.82) is 0 Å². The first kappa shape index (κ1) is 16.2. The summed E-state index contributed by atoms with van der Waals surface area (Å²) < 4.78 is 10.9. The second-order valence-electron chi connectivity index (χ2n) is 5.55. The number of hydrogen-bond donors (Lipinski definition) is 1. The van der Waals surface area contributed by atoms with Gasteiger partial charge < -0.3 is 14.5 Å². The molecule has 1 heterocycles. The van der Waals surface area contributed by atoms with Gasteiger partial charge in [0.2, 0.25) is 0 Å². The number of likely N-dealkylation sites (N-methyl/N-ethyl adjacent to an activating group) is 1. The molecule has 4 heteroatoms. The molecule has 0 saturated carbocycles. The fraction of sp³-hybridized carbons (Fsp3) is 0.733. The highest BCUT2D eigenvalue weighted by molar-refractivity contribution is 5.20. The van der Waals surface area contributed by atoms with E-state index in [4.69, 9.17) is 9.15 Å². The first-order chi connectivity index (χ1) is 9.02. The number of rotatable bonds is 9. The molecule has 0 aliphatic carbocycles. The van der Waals surface area contributed by atoms with Crippen LogP contribution in [0.4, 0.5) is 0 Å². The maximum atomic E-state index is 5.80. The lowest BCUT2D eigenvalue weighted by Crippen LogP contribution is -2.22. The van der Waals surface area contributed by atoms with E-state index in [1.807, 2.05) is 6.92 Å². The van der Waals surface area contributed by atoms with E-state index in [-0.39, 0.29) is 0 Å². The average molecular weight is 268 g/mol. The Bertz CT molecular complexity index is 361. The molecular weight excluding hydrogens is 240 g/mol. The Labute approximate surface area is 117 Å². The topological polar surface area (TPSA) is 37.6 Å². The van der Waals surface area contributed by atoms with Gasteiger partial charge in [0.05, 0.1) is 13.2 Å². The van der Waals surface area contributed by atoms with Crippen molar-refractivity contribution in [3.8, 4) is 0 Å². The number of aryl methyl sites for hydroxylation is 1. The van der Waals surface area contributed by atoms with Gasteiger partial charge in [-0.2, -0.15) is 0 Å². The van der Waals surface area contributed by atoms with Gasteiger partial charge in [-0.3, -0.25) is 4.90 Å². The zero-order valence-corrected chi connectivity index (χ0v) is 13.0. The van der Waals surface area contributed by atoms with E-state index in [9.17, 15) is 0 Å². The normalized spacial score (nSPS) is 11.7. The van der Waals surface area contributed by atoms with Gasteiger partial charge in [-0.15, -0.1) is 0 Å². The number of methoxy groups -OCH3 is 1. The number of nitrogens with one attached hydrogen (secondary N) is 1. The number of nitrogens with zero attached hydrogens (tertiary/aromatic N) is 1. The minimum absolute atomic E-state index is 0.673. The van der Waals surface area contributed by atoms with Crippen LogP contribution in [0.25, 0.3) is 0 Å². The van der Waals surface area contributed by atoms with Gasteiger partial charge in [0, 0.05) is 25.8 Å². The Balaban J connectivity index is 2.44. The van der Waals surface area contributed by atoms with Gasteiger partial charge in [0.1, 0.15) is 11.5 Å². The maximum absolute atomic E-state index is 5.80. The summed E-state index contributed by atoms with van der Waals surface area (Å²) in [5.41, 5.74) is 1.26. The third-order valence-corrected chi connectivity index (χ3v) is 3.04. The molecule has 0 amide bonds. The third-order valence-electron chi connectivity index (χ3n) is 3.04. The lowest BCUT2D eigenvalue weighted by molar-refractivity contribution is 0.154. The summed E-state index contributed by atoms with van der Waals surface area (Å²) >= 11 is 0. The van der Waals surface area contributed by atoms with Gasteiger partial charge >= 0.3 is 0 Å². The van der Waals surface area contributed by atoms with Crippen LogP contribution in [-0.4, -0.2) is 38.8 Å². The highest BCUT2D eigenvalue weighted by Gasteiger charge is 2.09. The lowest BCUT2D eigenvalue weighted by atomic mass is 10.2. The van der Waals surface area contributed by atoms with Crippen LogP contribution in [0.2, 0.25) is 0 Å². The highest BCUT2D eigenvalue weighted by atomic mass is 16.5. The van der Waals surface area contributed by atoms with E-state index < -0.39 is 0 Å². The van der Waals surface area contributed by atoms with Gasteiger partial charge in [-0.05, 0) is 32.5 Å². The molecule has 0 aromatic carbocycles. The van der Waals surface area contributed by atoms with Crippen LogP contribution in [0.15, 0.2) is 10.5 Å². The van der Waals surface area contributed by atoms with Gasteiger partial charge in [-0.25, -0.2) is 0 Å². The van der Waals surface area contributed by atoms with Crippen LogP contribution in [0.5, 0.6) is 0 Å². The quantitative estimate of drug-likeness (QED) is 0.746. The standard InChI is InChI=1S/C15H28N2O2/c1-12(2)9-16-10-14-8-15(19-13(14)3)11-17(4)6-7-18-5/h8,12,16H,6-7,9-11H2,1-5H3. The fourth-order valence-electron chi connectivity index (χ4n) is 1.93. The Morgan fingerprint density at radius 1 is 1.42 bits per heavy atom. The summed E-state index contributed by atoms with van der Waals surface area (Å²) in [7, 11) is 3.80. The second kappa shape index (κ2) is 8.35. The predicted molar refractivity (Wildman–Crippen MR) is 78.2 cm³/mol. The SMILES string of the molecule is COCCN(C)Cc1cc(CNCC(C)C)c(C)o1. The van der Waals surface area contributed by atoms with E-state index in [0.717, 1.165) is 44.3 Å². The molecule has 0 radical (unpaired) electrons. The molecule has 110 valence electrons. The summed E-state index contributed by atoms with van der Waals surface area (Å²) in [4.78, 5) is 2.20. The van der Waals surface area contributed by atoms with Gasteiger partial charge in [0.15, 0.2) is 0 Å². The van der Waals surface area contributed by atoms with E-state index >= 15 is 0 Å². The Hall–Kier alpha value is -0.840. The first-order valence-corrected chi connectivity index (χ1v) is 6.99. The Morgan fingerprint density at radius 3 is 2.79 bits per heavy atom. The molecule has 1 aromatic rings. The molecule has 1 N–H and O–H groups in total. The van der Waals surface area contributed by atoms with E-state index in [0.29, 0.717) is 5.92 Å². The van der Waals surface area contributed by atoms with Gasteiger partial charge in [0.25, 0.3) is 0 Å². The maximum Gasteiger partial charge on any atom is 0.118 e. The monoisotopic (exact) mass is 268 g/mol. The molecule has 1 aromatic heterocycles. The van der Waals surface area contributed by atoms with Crippen molar-refractivity contribution in [3.63, 3.8) is 0 Å². The molecule has 0 unspecified atom stereocenters. The lowest BCUT2D eigenvalue weighted by Gasteiger charge is -2.13. The van der Waals surface area contributed by atoms with Crippen molar-refractivity contribution in [2.75, 3.05) is 33.9 Å². The number of ether oxygens (including phenoxy) is 1. The van der Waals surface area contributed by atoms with Crippen molar-refractivity contribution in [2.45, 2.75) is 33.9 Å². The third kappa shape index (κ3) is 6.23. The molecule has 1 rings (SSSR count). The molecule has 0 aliphatic rings. The van der Waals surface area contributed by atoms with Crippen LogP contribution in [-0.2, 0) is 17.8 Å². The first-order valence-electron chi connectivity index (χ1n) is 6.99. The number of hydrogen-bond acceptors (Lipinski definition) is 4. The minimum atomic E-state index is 0.673. The fourth-order valence-corrected chi connectivity index (χ4v) is 1.93.